The first-order valence-corrected chi connectivity index (χ1v) is 11.5. The largest absolute Gasteiger partial charge is 0.452 e. The molecule has 0 radical (unpaired) electrons. The van der Waals surface area contributed by atoms with Crippen LogP contribution < -0.4 is 5.32 Å². The predicted molar refractivity (Wildman–Crippen MR) is 114 cm³/mol. The molecule has 1 saturated heterocycles. The molecule has 0 aliphatic carbocycles. The third-order valence-corrected chi connectivity index (χ3v) is 7.29. The molecule has 7 nitrogen and oxygen atoms in total. The van der Waals surface area contributed by atoms with Gasteiger partial charge in [-0.2, -0.15) is 4.31 Å². The van der Waals surface area contributed by atoms with Gasteiger partial charge in [-0.3, -0.25) is 4.79 Å². The summed E-state index contributed by atoms with van der Waals surface area (Å²) >= 11 is 5.65. The SMILES string of the molecule is CC1CCCCN1S(=O)(=O)c1ccc(C(=O)OCC(=O)Nc2ccc(F)c(Cl)c2)cc1. The van der Waals surface area contributed by atoms with Crippen LogP contribution in [0.25, 0.3) is 0 Å². The lowest BCUT2D eigenvalue weighted by Crippen LogP contribution is -2.41. The van der Waals surface area contributed by atoms with Gasteiger partial charge in [0.05, 0.1) is 15.5 Å². The van der Waals surface area contributed by atoms with Gasteiger partial charge >= 0.3 is 5.97 Å². The van der Waals surface area contributed by atoms with Gasteiger partial charge in [-0.05, 0) is 62.2 Å². The number of carbonyl (C=O) groups is 2. The van der Waals surface area contributed by atoms with Gasteiger partial charge in [0.2, 0.25) is 10.0 Å². The number of amides is 1. The van der Waals surface area contributed by atoms with Crippen molar-refractivity contribution in [2.75, 3.05) is 18.5 Å². The highest BCUT2D eigenvalue weighted by molar-refractivity contribution is 7.89. The first-order chi connectivity index (χ1) is 14.7. The van der Waals surface area contributed by atoms with Crippen LogP contribution in [0.5, 0.6) is 0 Å². The Kier molecular flexibility index (Phi) is 7.30. The Morgan fingerprint density at radius 3 is 2.55 bits per heavy atom. The molecule has 0 saturated carbocycles. The minimum Gasteiger partial charge on any atom is -0.452 e. The summed E-state index contributed by atoms with van der Waals surface area (Å²) in [7, 11) is -3.64. The van der Waals surface area contributed by atoms with Gasteiger partial charge in [0.25, 0.3) is 5.91 Å². The number of ether oxygens (including phenoxy) is 1. The second kappa shape index (κ2) is 9.76. The van der Waals surface area contributed by atoms with Gasteiger partial charge in [0.15, 0.2) is 6.61 Å². The quantitative estimate of drug-likeness (QED) is 0.650. The maximum absolute atomic E-state index is 13.2. The van der Waals surface area contributed by atoms with Crippen LogP contribution in [-0.4, -0.2) is 43.8 Å². The molecule has 1 aliphatic rings. The number of esters is 1. The van der Waals surface area contributed by atoms with Crippen molar-refractivity contribution < 1.29 is 27.1 Å². The Balaban J connectivity index is 1.58. The van der Waals surface area contributed by atoms with Crippen LogP contribution in [0.2, 0.25) is 5.02 Å². The smallest absolute Gasteiger partial charge is 0.338 e. The van der Waals surface area contributed by atoms with E-state index in [9.17, 15) is 22.4 Å². The van der Waals surface area contributed by atoms with E-state index in [2.05, 4.69) is 5.32 Å². The van der Waals surface area contributed by atoms with Crippen LogP contribution in [0.4, 0.5) is 10.1 Å². The molecule has 3 rings (SSSR count). The number of rotatable bonds is 6. The second-order valence-corrected chi connectivity index (χ2v) is 9.54. The van der Waals surface area contributed by atoms with E-state index in [0.717, 1.165) is 25.3 Å². The highest BCUT2D eigenvalue weighted by Gasteiger charge is 2.31. The summed E-state index contributed by atoms with van der Waals surface area (Å²) in [6, 6.07) is 9.00. The minimum atomic E-state index is -3.64. The van der Waals surface area contributed by atoms with Crippen molar-refractivity contribution in [1.29, 1.82) is 0 Å². The Hall–Kier alpha value is -2.49. The number of anilines is 1. The van der Waals surface area contributed by atoms with Gasteiger partial charge in [0, 0.05) is 18.3 Å². The Bertz CT molecular complexity index is 1080. The first kappa shape index (κ1) is 23.2. The molecule has 1 amide bonds. The average molecular weight is 469 g/mol. The Morgan fingerprint density at radius 1 is 1.19 bits per heavy atom. The maximum Gasteiger partial charge on any atom is 0.338 e. The number of piperidine rings is 1. The zero-order valence-corrected chi connectivity index (χ0v) is 18.4. The molecule has 166 valence electrons. The summed E-state index contributed by atoms with van der Waals surface area (Å²) in [5.74, 6) is -2.02. The molecule has 2 aromatic carbocycles. The van der Waals surface area contributed by atoms with Crippen molar-refractivity contribution in [3.63, 3.8) is 0 Å². The van der Waals surface area contributed by atoms with Crippen molar-refractivity contribution in [3.05, 3.63) is 58.9 Å². The van der Waals surface area contributed by atoms with E-state index in [1.54, 1.807) is 0 Å². The molecule has 1 unspecified atom stereocenters. The van der Waals surface area contributed by atoms with E-state index in [0.29, 0.717) is 6.54 Å². The number of hydrogen-bond acceptors (Lipinski definition) is 5. The van der Waals surface area contributed by atoms with Crippen molar-refractivity contribution >= 4 is 39.2 Å². The molecular weight excluding hydrogens is 447 g/mol. The van der Waals surface area contributed by atoms with Gasteiger partial charge < -0.3 is 10.1 Å². The molecule has 1 fully saturated rings. The van der Waals surface area contributed by atoms with E-state index >= 15 is 0 Å². The number of carbonyl (C=O) groups excluding carboxylic acids is 2. The average Bonchev–Trinajstić information content (AvgIpc) is 2.75. The number of nitrogens with one attached hydrogen (secondary N) is 1. The monoisotopic (exact) mass is 468 g/mol. The van der Waals surface area contributed by atoms with Crippen LogP contribution >= 0.6 is 11.6 Å². The highest BCUT2D eigenvalue weighted by atomic mass is 35.5. The highest BCUT2D eigenvalue weighted by Crippen LogP contribution is 2.25. The molecular formula is C21H22ClFN2O5S. The van der Waals surface area contributed by atoms with Crippen molar-refractivity contribution in [3.8, 4) is 0 Å². The van der Waals surface area contributed by atoms with E-state index in [4.69, 9.17) is 16.3 Å². The number of halogens is 2. The maximum atomic E-state index is 13.2. The summed E-state index contributed by atoms with van der Waals surface area (Å²) in [6.07, 6.45) is 2.63. The van der Waals surface area contributed by atoms with E-state index in [-0.39, 0.29) is 27.2 Å². The minimum absolute atomic E-state index is 0.0714. The molecule has 10 heteroatoms. The number of nitrogens with zero attached hydrogens (tertiary/aromatic N) is 1. The van der Waals surface area contributed by atoms with Crippen LogP contribution in [0.3, 0.4) is 0 Å². The van der Waals surface area contributed by atoms with Crippen LogP contribution in [0.15, 0.2) is 47.4 Å². The zero-order valence-electron chi connectivity index (χ0n) is 16.8. The number of benzene rings is 2. The van der Waals surface area contributed by atoms with Crippen molar-refractivity contribution in [2.24, 2.45) is 0 Å². The summed E-state index contributed by atoms with van der Waals surface area (Å²) in [5.41, 5.74) is 0.372. The molecule has 1 heterocycles. The molecule has 0 aromatic heterocycles. The lowest BCUT2D eigenvalue weighted by molar-refractivity contribution is -0.119. The van der Waals surface area contributed by atoms with Gasteiger partial charge in [-0.25, -0.2) is 17.6 Å². The van der Waals surface area contributed by atoms with Crippen molar-refractivity contribution in [1.82, 2.24) is 4.31 Å². The molecule has 0 bridgehead atoms. The van der Waals surface area contributed by atoms with Crippen LogP contribution in [-0.2, 0) is 19.6 Å². The molecule has 2 aromatic rings. The third kappa shape index (κ3) is 5.61. The van der Waals surface area contributed by atoms with Gasteiger partial charge in [-0.1, -0.05) is 18.0 Å². The lowest BCUT2D eigenvalue weighted by atomic mass is 10.1. The van der Waals surface area contributed by atoms with Crippen LogP contribution in [0, 0.1) is 5.82 Å². The molecule has 1 N–H and O–H groups in total. The van der Waals surface area contributed by atoms with E-state index < -0.39 is 34.3 Å². The van der Waals surface area contributed by atoms with Crippen LogP contribution in [0.1, 0.15) is 36.5 Å². The standard InChI is InChI=1S/C21H22ClFN2O5S/c1-14-4-2-3-11-25(14)31(28,29)17-8-5-15(6-9-17)21(27)30-13-20(26)24-16-7-10-19(23)18(22)12-16/h5-10,12,14H,2-4,11,13H2,1H3,(H,24,26). The third-order valence-electron chi connectivity index (χ3n) is 4.98. The second-order valence-electron chi connectivity index (χ2n) is 7.24. The fourth-order valence-electron chi connectivity index (χ4n) is 3.31. The first-order valence-electron chi connectivity index (χ1n) is 9.72. The van der Waals surface area contributed by atoms with Crippen molar-refractivity contribution in [2.45, 2.75) is 37.1 Å². The number of hydrogen-bond donors (Lipinski definition) is 1. The van der Waals surface area contributed by atoms with Gasteiger partial charge in [0.1, 0.15) is 5.82 Å². The summed E-state index contributed by atoms with van der Waals surface area (Å²) in [5, 5.41) is 2.28. The summed E-state index contributed by atoms with van der Waals surface area (Å²) in [4.78, 5) is 24.2. The van der Waals surface area contributed by atoms with Gasteiger partial charge in [-0.15, -0.1) is 0 Å². The summed E-state index contributed by atoms with van der Waals surface area (Å²) < 4.78 is 45.3. The predicted octanol–water partition coefficient (Wildman–Crippen LogP) is 3.84. The zero-order chi connectivity index (χ0) is 22.6. The molecule has 31 heavy (non-hydrogen) atoms. The molecule has 1 aliphatic heterocycles. The summed E-state index contributed by atoms with van der Waals surface area (Å²) in [6.45, 7) is 1.79. The Morgan fingerprint density at radius 2 is 1.90 bits per heavy atom. The fraction of sp³-hybridized carbons (Fsp3) is 0.333. The van der Waals surface area contributed by atoms with E-state index in [1.165, 1.54) is 40.7 Å². The lowest BCUT2D eigenvalue weighted by Gasteiger charge is -2.32. The molecule has 0 spiro atoms. The Labute approximate surface area is 185 Å². The van der Waals surface area contributed by atoms with E-state index in [1.807, 2.05) is 6.92 Å². The normalized spacial score (nSPS) is 17.2. The molecule has 1 atom stereocenters. The number of sulfonamides is 1. The fourth-order valence-corrected chi connectivity index (χ4v) is 5.19. The topological polar surface area (TPSA) is 92.8 Å².